The van der Waals surface area contributed by atoms with E-state index in [2.05, 4.69) is 9.62 Å². The molecule has 1 aliphatic rings. The number of likely N-dealkylation sites (N-methyl/N-ethyl adjacent to an activating group) is 1. The summed E-state index contributed by atoms with van der Waals surface area (Å²) in [4.78, 5) is 16.3. The Balaban J connectivity index is 1.56. The van der Waals surface area contributed by atoms with E-state index >= 15 is 0 Å². The Hall–Kier alpha value is -2.58. The maximum atomic E-state index is 12.4. The van der Waals surface area contributed by atoms with Crippen molar-refractivity contribution in [3.05, 3.63) is 54.6 Å². The van der Waals surface area contributed by atoms with Gasteiger partial charge in [0.25, 0.3) is 15.9 Å². The second kappa shape index (κ2) is 8.41. The number of sulfonamides is 1. The Morgan fingerprint density at radius 3 is 2.26 bits per heavy atom. The highest BCUT2D eigenvalue weighted by molar-refractivity contribution is 7.92. The van der Waals surface area contributed by atoms with Crippen LogP contribution >= 0.6 is 0 Å². The predicted octanol–water partition coefficient (Wildman–Crippen LogP) is 1.64. The van der Waals surface area contributed by atoms with Crippen LogP contribution in [0.15, 0.2) is 59.5 Å². The number of anilines is 1. The summed E-state index contributed by atoms with van der Waals surface area (Å²) in [6, 6.07) is 14.7. The molecule has 0 aromatic heterocycles. The Morgan fingerprint density at radius 2 is 1.63 bits per heavy atom. The average Bonchev–Trinajstić information content (AvgIpc) is 2.67. The number of amides is 1. The first-order valence-electron chi connectivity index (χ1n) is 8.71. The van der Waals surface area contributed by atoms with Crippen LogP contribution in [0, 0.1) is 0 Å². The zero-order valence-corrected chi connectivity index (χ0v) is 16.0. The first-order chi connectivity index (χ1) is 12.9. The number of carbonyl (C=O) groups excluding carboxylic acids is 1. The molecule has 1 N–H and O–H groups in total. The Morgan fingerprint density at radius 1 is 1.00 bits per heavy atom. The van der Waals surface area contributed by atoms with E-state index in [1.54, 1.807) is 41.3 Å². The van der Waals surface area contributed by atoms with Crippen LogP contribution in [-0.2, 0) is 14.8 Å². The van der Waals surface area contributed by atoms with E-state index in [9.17, 15) is 13.2 Å². The van der Waals surface area contributed by atoms with Gasteiger partial charge in [-0.15, -0.1) is 0 Å². The van der Waals surface area contributed by atoms with Crippen molar-refractivity contribution < 1.29 is 17.9 Å². The van der Waals surface area contributed by atoms with E-state index in [-0.39, 0.29) is 17.4 Å². The molecule has 2 aromatic carbocycles. The summed E-state index contributed by atoms with van der Waals surface area (Å²) in [5.41, 5.74) is 0.496. The molecule has 1 saturated heterocycles. The summed E-state index contributed by atoms with van der Waals surface area (Å²) in [6.07, 6.45) is 0. The monoisotopic (exact) mass is 389 g/mol. The highest BCUT2D eigenvalue weighted by Crippen LogP contribution is 2.19. The SMILES string of the molecule is CN1CCN(C(=O)COc2ccc(S(=O)(=O)Nc3ccccc3)cc2)CC1. The fourth-order valence-electron chi connectivity index (χ4n) is 2.73. The Labute approximate surface area is 159 Å². The van der Waals surface area contributed by atoms with Gasteiger partial charge < -0.3 is 14.5 Å². The minimum Gasteiger partial charge on any atom is -0.484 e. The van der Waals surface area contributed by atoms with Crippen LogP contribution in [0.3, 0.4) is 0 Å². The molecule has 27 heavy (non-hydrogen) atoms. The lowest BCUT2D eigenvalue weighted by molar-refractivity contribution is -0.134. The van der Waals surface area contributed by atoms with E-state index in [1.807, 2.05) is 13.1 Å². The summed E-state index contributed by atoms with van der Waals surface area (Å²) in [5.74, 6) is 0.390. The second-order valence-corrected chi connectivity index (χ2v) is 8.10. The number of benzene rings is 2. The van der Waals surface area contributed by atoms with Crippen molar-refractivity contribution in [1.29, 1.82) is 0 Å². The zero-order valence-electron chi connectivity index (χ0n) is 15.2. The van der Waals surface area contributed by atoms with E-state index < -0.39 is 10.0 Å². The van der Waals surface area contributed by atoms with E-state index in [0.717, 1.165) is 13.1 Å². The highest BCUT2D eigenvalue weighted by Gasteiger charge is 2.19. The number of hydrogen-bond acceptors (Lipinski definition) is 5. The summed E-state index contributed by atoms with van der Waals surface area (Å²) < 4.78 is 32.8. The molecule has 144 valence electrons. The molecule has 0 saturated carbocycles. The van der Waals surface area contributed by atoms with Crippen LogP contribution in [0.1, 0.15) is 0 Å². The van der Waals surface area contributed by atoms with Gasteiger partial charge in [0.2, 0.25) is 0 Å². The van der Waals surface area contributed by atoms with Crippen molar-refractivity contribution in [3.63, 3.8) is 0 Å². The third-order valence-electron chi connectivity index (χ3n) is 4.38. The number of nitrogens with one attached hydrogen (secondary N) is 1. The third kappa shape index (κ3) is 5.21. The predicted molar refractivity (Wildman–Crippen MR) is 103 cm³/mol. The molecule has 0 atom stereocenters. The van der Waals surface area contributed by atoms with Crippen LogP contribution in [0.25, 0.3) is 0 Å². The standard InChI is InChI=1S/C19H23N3O4S/c1-21-11-13-22(14-12-21)19(23)15-26-17-7-9-18(10-8-17)27(24,25)20-16-5-3-2-4-6-16/h2-10,20H,11-15H2,1H3. The fraction of sp³-hybridized carbons (Fsp3) is 0.316. The number of piperazine rings is 1. The van der Waals surface area contributed by atoms with Crippen molar-refractivity contribution in [3.8, 4) is 5.75 Å². The minimum atomic E-state index is -3.67. The molecule has 7 nitrogen and oxygen atoms in total. The topological polar surface area (TPSA) is 79.0 Å². The van der Waals surface area contributed by atoms with Gasteiger partial charge in [-0.3, -0.25) is 9.52 Å². The van der Waals surface area contributed by atoms with Crippen molar-refractivity contribution in [2.75, 3.05) is 44.6 Å². The summed E-state index contributed by atoms with van der Waals surface area (Å²) >= 11 is 0. The van der Waals surface area contributed by atoms with Gasteiger partial charge in [0.05, 0.1) is 4.90 Å². The van der Waals surface area contributed by atoms with Gasteiger partial charge in [-0.25, -0.2) is 8.42 Å². The lowest BCUT2D eigenvalue weighted by atomic mass is 10.3. The van der Waals surface area contributed by atoms with Crippen molar-refractivity contribution in [2.45, 2.75) is 4.90 Å². The Kier molecular flexibility index (Phi) is 5.98. The molecular weight excluding hydrogens is 366 g/mol. The number of nitrogens with zero attached hydrogens (tertiary/aromatic N) is 2. The number of ether oxygens (including phenoxy) is 1. The van der Waals surface area contributed by atoms with Crippen molar-refractivity contribution >= 4 is 21.6 Å². The van der Waals surface area contributed by atoms with Gasteiger partial charge in [0.15, 0.2) is 6.61 Å². The van der Waals surface area contributed by atoms with Crippen LogP contribution in [0.5, 0.6) is 5.75 Å². The number of hydrogen-bond donors (Lipinski definition) is 1. The molecule has 1 heterocycles. The molecule has 0 radical (unpaired) electrons. The molecule has 1 aliphatic heterocycles. The van der Waals surface area contributed by atoms with Crippen LogP contribution < -0.4 is 9.46 Å². The zero-order chi connectivity index (χ0) is 19.3. The largest absolute Gasteiger partial charge is 0.484 e. The highest BCUT2D eigenvalue weighted by atomic mass is 32.2. The van der Waals surface area contributed by atoms with Gasteiger partial charge >= 0.3 is 0 Å². The van der Waals surface area contributed by atoms with Crippen LogP contribution in [-0.4, -0.2) is 64.0 Å². The van der Waals surface area contributed by atoms with Gasteiger partial charge in [-0.2, -0.15) is 0 Å². The van der Waals surface area contributed by atoms with Crippen molar-refractivity contribution in [2.24, 2.45) is 0 Å². The van der Waals surface area contributed by atoms with E-state index in [4.69, 9.17) is 4.74 Å². The molecule has 2 aromatic rings. The third-order valence-corrected chi connectivity index (χ3v) is 5.78. The normalized spacial score (nSPS) is 15.4. The van der Waals surface area contributed by atoms with Crippen molar-refractivity contribution in [1.82, 2.24) is 9.80 Å². The summed E-state index contributed by atoms with van der Waals surface area (Å²) in [7, 11) is -1.64. The quantitative estimate of drug-likeness (QED) is 0.813. The van der Waals surface area contributed by atoms with Crippen LogP contribution in [0.4, 0.5) is 5.69 Å². The lowest BCUT2D eigenvalue weighted by Crippen LogP contribution is -2.48. The van der Waals surface area contributed by atoms with Gasteiger partial charge in [-0.1, -0.05) is 18.2 Å². The first-order valence-corrected chi connectivity index (χ1v) is 10.2. The van der Waals surface area contributed by atoms with Gasteiger partial charge in [-0.05, 0) is 43.4 Å². The molecule has 0 spiro atoms. The number of para-hydroxylation sites is 1. The maximum absolute atomic E-state index is 12.4. The molecule has 0 bridgehead atoms. The summed E-state index contributed by atoms with van der Waals surface area (Å²) in [6.45, 7) is 3.04. The lowest BCUT2D eigenvalue weighted by Gasteiger charge is -2.32. The molecule has 1 fully saturated rings. The number of carbonyl (C=O) groups is 1. The number of rotatable bonds is 6. The fourth-order valence-corrected chi connectivity index (χ4v) is 3.79. The van der Waals surface area contributed by atoms with E-state index in [0.29, 0.717) is 24.5 Å². The molecule has 8 heteroatoms. The smallest absolute Gasteiger partial charge is 0.261 e. The maximum Gasteiger partial charge on any atom is 0.261 e. The first kappa shape index (κ1) is 19.2. The average molecular weight is 389 g/mol. The minimum absolute atomic E-state index is 0.0575. The summed E-state index contributed by atoms with van der Waals surface area (Å²) in [5, 5.41) is 0. The molecule has 3 rings (SSSR count). The van der Waals surface area contributed by atoms with Crippen LogP contribution in [0.2, 0.25) is 0 Å². The molecular formula is C19H23N3O4S. The van der Waals surface area contributed by atoms with E-state index in [1.165, 1.54) is 12.1 Å². The molecule has 0 unspecified atom stereocenters. The van der Waals surface area contributed by atoms with Gasteiger partial charge in [0, 0.05) is 31.9 Å². The molecule has 1 amide bonds. The molecule has 0 aliphatic carbocycles. The Bertz CT molecular complexity index is 862. The van der Waals surface area contributed by atoms with Gasteiger partial charge in [0.1, 0.15) is 5.75 Å². The second-order valence-electron chi connectivity index (χ2n) is 6.42.